The lowest BCUT2D eigenvalue weighted by Crippen LogP contribution is -2.21. The number of halogens is 7. The molecule has 0 spiro atoms. The predicted octanol–water partition coefficient (Wildman–Crippen LogP) is 4.68. The molecule has 4 nitrogen and oxygen atoms in total. The van der Waals surface area contributed by atoms with Crippen molar-refractivity contribution in [1.82, 2.24) is 0 Å². The van der Waals surface area contributed by atoms with Crippen molar-refractivity contribution in [3.05, 3.63) is 34.9 Å². The molecule has 0 aromatic heterocycles. The Hall–Kier alpha value is -0.800. The summed E-state index contributed by atoms with van der Waals surface area (Å²) in [6, 6.07) is 4.51. The molecule has 1 aromatic carbocycles. The minimum atomic E-state index is -5.17. The first kappa shape index (κ1) is 20.2. The van der Waals surface area contributed by atoms with Crippen molar-refractivity contribution in [2.75, 3.05) is 13.2 Å². The van der Waals surface area contributed by atoms with Crippen molar-refractivity contribution >= 4 is 19.2 Å². The molecule has 23 heavy (non-hydrogen) atoms. The molecule has 1 rings (SSSR count). The van der Waals surface area contributed by atoms with E-state index in [1.54, 1.807) is 0 Å². The Balaban J connectivity index is 3.01. The Kier molecular flexibility index (Phi) is 6.51. The second-order valence-electron chi connectivity index (χ2n) is 4.24. The van der Waals surface area contributed by atoms with Crippen LogP contribution in [0.25, 0.3) is 0 Å². The van der Waals surface area contributed by atoms with Crippen LogP contribution in [0.15, 0.2) is 24.3 Å². The maximum atomic E-state index is 12.2. The summed E-state index contributed by atoms with van der Waals surface area (Å²) in [5.74, 6) is -2.34. The molecule has 12 heteroatoms. The molecule has 0 unspecified atom stereocenters. The van der Waals surface area contributed by atoms with Gasteiger partial charge in [0, 0.05) is 5.02 Å². The van der Waals surface area contributed by atoms with Crippen molar-refractivity contribution in [2.45, 2.75) is 18.2 Å². The Bertz CT molecular complexity index is 537. The Morgan fingerprint density at radius 1 is 1.00 bits per heavy atom. The lowest BCUT2D eigenvalue weighted by atomic mass is 10.2. The van der Waals surface area contributed by atoms with Crippen molar-refractivity contribution < 1.29 is 45.1 Å². The van der Waals surface area contributed by atoms with Gasteiger partial charge in [-0.1, -0.05) is 23.7 Å². The molecule has 132 valence electrons. The van der Waals surface area contributed by atoms with Crippen molar-refractivity contribution in [3.63, 3.8) is 0 Å². The standard InChI is InChI=1S/C11H10ClF6O4P/c12-8-3-1-7(2-4-8)9(19)23(20,21-5-10(13,14)15)22-6-11(16,17)18/h1-4,9,19H,5-6H2/t9-/m0/s1. The summed E-state index contributed by atoms with van der Waals surface area (Å²) in [5.41, 5.74) is -0.276. The van der Waals surface area contributed by atoms with Gasteiger partial charge in [0.15, 0.2) is 19.1 Å². The lowest BCUT2D eigenvalue weighted by molar-refractivity contribution is -0.167. The fourth-order valence-electron chi connectivity index (χ4n) is 1.32. The van der Waals surface area contributed by atoms with Crippen LogP contribution in [0.2, 0.25) is 5.02 Å². The quantitative estimate of drug-likeness (QED) is 0.569. The zero-order valence-electron chi connectivity index (χ0n) is 11.1. The fourth-order valence-corrected chi connectivity index (χ4v) is 3.00. The SMILES string of the molecule is O=P(OCC(F)(F)F)(OCC(F)(F)F)[C@H](O)c1ccc(Cl)cc1. The molecule has 1 aromatic rings. The van der Waals surface area contributed by atoms with E-state index < -0.39 is 39.0 Å². The maximum Gasteiger partial charge on any atom is 0.412 e. The summed E-state index contributed by atoms with van der Waals surface area (Å²) < 4.78 is 93.0. The molecule has 1 N–H and O–H groups in total. The largest absolute Gasteiger partial charge is 0.412 e. The first-order chi connectivity index (χ1) is 10.3. The van der Waals surface area contributed by atoms with Gasteiger partial charge < -0.3 is 5.11 Å². The highest BCUT2D eigenvalue weighted by atomic mass is 35.5. The Morgan fingerprint density at radius 2 is 1.39 bits per heavy atom. The van der Waals surface area contributed by atoms with Gasteiger partial charge in [-0.05, 0) is 17.7 Å². The summed E-state index contributed by atoms with van der Waals surface area (Å²) in [4.78, 5) is 0. The highest BCUT2D eigenvalue weighted by Crippen LogP contribution is 2.60. The number of alkyl halides is 6. The molecule has 0 heterocycles. The van der Waals surface area contributed by atoms with Gasteiger partial charge in [-0.3, -0.25) is 13.6 Å². The van der Waals surface area contributed by atoms with Gasteiger partial charge in [0.1, 0.15) is 0 Å². The van der Waals surface area contributed by atoms with Crippen LogP contribution in [0, 0.1) is 0 Å². The van der Waals surface area contributed by atoms with Crippen molar-refractivity contribution in [3.8, 4) is 0 Å². The maximum absolute atomic E-state index is 12.2. The number of rotatable bonds is 6. The van der Waals surface area contributed by atoms with Crippen molar-refractivity contribution in [1.29, 1.82) is 0 Å². The van der Waals surface area contributed by atoms with Gasteiger partial charge in [-0.25, -0.2) is 0 Å². The Labute approximate surface area is 131 Å². The molecule has 0 fully saturated rings. The smallest absolute Gasteiger partial charge is 0.376 e. The van der Waals surface area contributed by atoms with E-state index in [9.17, 15) is 36.0 Å². The molecule has 0 bridgehead atoms. The first-order valence-corrected chi connectivity index (χ1v) is 7.77. The topological polar surface area (TPSA) is 55.8 Å². The highest BCUT2D eigenvalue weighted by molar-refractivity contribution is 7.54. The number of aliphatic hydroxyl groups excluding tert-OH is 1. The fraction of sp³-hybridized carbons (Fsp3) is 0.455. The number of benzene rings is 1. The van der Waals surface area contributed by atoms with E-state index in [0.29, 0.717) is 0 Å². The molecule has 1 atom stereocenters. The summed E-state index contributed by atoms with van der Waals surface area (Å²) in [6.07, 6.45) is -9.95. The minimum Gasteiger partial charge on any atom is -0.376 e. The molecular weight excluding hydrogens is 377 g/mol. The molecule has 0 saturated heterocycles. The van der Waals surface area contributed by atoms with Gasteiger partial charge in [-0.15, -0.1) is 0 Å². The number of hydrogen-bond acceptors (Lipinski definition) is 4. The van der Waals surface area contributed by atoms with Crippen LogP contribution in [0.1, 0.15) is 11.4 Å². The van der Waals surface area contributed by atoms with Crippen LogP contribution in [0.5, 0.6) is 0 Å². The highest BCUT2D eigenvalue weighted by Gasteiger charge is 2.43. The first-order valence-electron chi connectivity index (χ1n) is 5.78. The van der Waals surface area contributed by atoms with Gasteiger partial charge in [0.25, 0.3) is 0 Å². The minimum absolute atomic E-state index is 0.184. The molecule has 0 aliphatic rings. The summed E-state index contributed by atoms with van der Waals surface area (Å²) in [7, 11) is -5.17. The predicted molar refractivity (Wildman–Crippen MR) is 68.0 cm³/mol. The third-order valence-corrected chi connectivity index (χ3v) is 4.41. The van der Waals surface area contributed by atoms with E-state index >= 15 is 0 Å². The zero-order chi connectivity index (χ0) is 17.9. The number of hydrogen-bond donors (Lipinski definition) is 1. The molecule has 0 aliphatic heterocycles. The van der Waals surface area contributed by atoms with E-state index in [-0.39, 0.29) is 10.6 Å². The molecule has 0 aliphatic carbocycles. The monoisotopic (exact) mass is 386 g/mol. The van der Waals surface area contributed by atoms with Gasteiger partial charge in [0.2, 0.25) is 0 Å². The molecule has 0 amide bonds. The van der Waals surface area contributed by atoms with E-state index in [1.165, 1.54) is 12.1 Å². The van der Waals surface area contributed by atoms with E-state index in [2.05, 4.69) is 9.05 Å². The summed E-state index contributed by atoms with van der Waals surface area (Å²) in [5, 5.41) is 10.0. The molecule has 0 saturated carbocycles. The lowest BCUT2D eigenvalue weighted by Gasteiger charge is -2.24. The third kappa shape index (κ3) is 7.09. The van der Waals surface area contributed by atoms with E-state index in [4.69, 9.17) is 11.6 Å². The third-order valence-electron chi connectivity index (χ3n) is 2.28. The second kappa shape index (κ2) is 7.40. The molecular formula is C11H10ClF6O4P. The normalized spacial score (nSPS) is 14.8. The zero-order valence-corrected chi connectivity index (χ0v) is 12.7. The summed E-state index contributed by atoms with van der Waals surface area (Å²) in [6.45, 7) is -4.29. The van der Waals surface area contributed by atoms with Crippen molar-refractivity contribution in [2.24, 2.45) is 0 Å². The van der Waals surface area contributed by atoms with E-state index in [0.717, 1.165) is 12.1 Å². The molecule has 0 radical (unpaired) electrons. The van der Waals surface area contributed by atoms with Crippen LogP contribution < -0.4 is 0 Å². The van der Waals surface area contributed by atoms with Gasteiger partial charge >= 0.3 is 19.9 Å². The average Bonchev–Trinajstić information content (AvgIpc) is 2.41. The average molecular weight is 387 g/mol. The van der Waals surface area contributed by atoms with Crippen LogP contribution >= 0.6 is 19.2 Å². The summed E-state index contributed by atoms with van der Waals surface area (Å²) >= 11 is 5.56. The van der Waals surface area contributed by atoms with Gasteiger partial charge in [0.05, 0.1) is 0 Å². The van der Waals surface area contributed by atoms with Crippen LogP contribution in [-0.4, -0.2) is 30.7 Å². The van der Waals surface area contributed by atoms with Crippen LogP contribution in [0.4, 0.5) is 26.3 Å². The van der Waals surface area contributed by atoms with Crippen LogP contribution in [-0.2, 0) is 13.6 Å². The Morgan fingerprint density at radius 3 is 1.74 bits per heavy atom. The van der Waals surface area contributed by atoms with Crippen LogP contribution in [0.3, 0.4) is 0 Å². The van der Waals surface area contributed by atoms with E-state index in [1.807, 2.05) is 0 Å². The van der Waals surface area contributed by atoms with Gasteiger partial charge in [-0.2, -0.15) is 26.3 Å². The number of aliphatic hydroxyl groups is 1. The second-order valence-corrected chi connectivity index (χ2v) is 6.76.